The Morgan fingerprint density at radius 3 is 2.94 bits per heavy atom. The average molecular weight is 513 g/mol. The van der Waals surface area contributed by atoms with Gasteiger partial charge in [-0.2, -0.15) is 5.10 Å². The maximum atomic E-state index is 13.1. The third-order valence-corrected chi connectivity index (χ3v) is 8.72. The van der Waals surface area contributed by atoms with E-state index >= 15 is 0 Å². The summed E-state index contributed by atoms with van der Waals surface area (Å²) in [6.45, 7) is 5.58. The highest BCUT2D eigenvalue weighted by atomic mass is 32.1. The minimum Gasteiger partial charge on any atom is -0.479 e. The zero-order valence-electron chi connectivity index (χ0n) is 20.6. The molecule has 0 radical (unpaired) electrons. The number of urea groups is 1. The molecular weight excluding hydrogens is 480 g/mol. The number of rotatable bonds is 5. The highest BCUT2D eigenvalue weighted by Gasteiger charge is 2.41. The Balaban J connectivity index is 1.21. The fourth-order valence-corrected chi connectivity index (χ4v) is 6.59. The summed E-state index contributed by atoms with van der Waals surface area (Å²) in [5.74, 6) is 0.927. The molecule has 0 aliphatic carbocycles. The van der Waals surface area contributed by atoms with Crippen LogP contribution in [0.4, 0.5) is 9.93 Å². The molecule has 3 fully saturated rings. The van der Waals surface area contributed by atoms with Crippen LogP contribution in [0, 0.1) is 11.3 Å². The van der Waals surface area contributed by atoms with Gasteiger partial charge in [0.25, 0.3) is 0 Å². The molecule has 3 aliphatic rings. The van der Waals surface area contributed by atoms with Gasteiger partial charge < -0.3 is 19.1 Å². The quantitative estimate of drug-likeness (QED) is 0.551. The Kier molecular flexibility index (Phi) is 6.53. The van der Waals surface area contributed by atoms with Gasteiger partial charge in [0.1, 0.15) is 5.52 Å². The SMILES string of the molecule is COc1ncc(-c2cnn(CC3CCCOC3)c2)c2sc(NC(=O)N3CCC4(CCOCC4)C3)nc12. The molecule has 36 heavy (non-hydrogen) atoms. The van der Waals surface area contributed by atoms with Crippen LogP contribution in [0.3, 0.4) is 0 Å². The summed E-state index contributed by atoms with van der Waals surface area (Å²) in [5, 5.41) is 8.16. The summed E-state index contributed by atoms with van der Waals surface area (Å²) in [7, 11) is 1.58. The van der Waals surface area contributed by atoms with Crippen molar-refractivity contribution >= 4 is 32.7 Å². The molecule has 1 unspecified atom stereocenters. The Morgan fingerprint density at radius 2 is 2.14 bits per heavy atom. The summed E-state index contributed by atoms with van der Waals surface area (Å²) in [4.78, 5) is 24.2. The van der Waals surface area contributed by atoms with Crippen LogP contribution < -0.4 is 10.1 Å². The summed E-state index contributed by atoms with van der Waals surface area (Å²) in [5.41, 5.74) is 2.74. The van der Waals surface area contributed by atoms with Crippen molar-refractivity contribution in [2.45, 2.75) is 38.6 Å². The molecule has 1 N–H and O–H groups in total. The Morgan fingerprint density at radius 1 is 1.25 bits per heavy atom. The van der Waals surface area contributed by atoms with Crippen LogP contribution in [-0.2, 0) is 16.0 Å². The van der Waals surface area contributed by atoms with Crippen LogP contribution >= 0.6 is 11.3 Å². The van der Waals surface area contributed by atoms with Gasteiger partial charge in [-0.25, -0.2) is 14.8 Å². The molecule has 1 spiro atoms. The normalized spacial score (nSPS) is 21.8. The number of nitrogens with one attached hydrogen (secondary N) is 1. The molecule has 11 heteroatoms. The predicted octanol–water partition coefficient (Wildman–Crippen LogP) is 4.02. The molecule has 3 aromatic heterocycles. The van der Waals surface area contributed by atoms with E-state index in [9.17, 15) is 4.79 Å². The maximum absolute atomic E-state index is 13.1. The molecule has 3 saturated heterocycles. The minimum absolute atomic E-state index is 0.103. The number of hydrogen-bond donors (Lipinski definition) is 1. The smallest absolute Gasteiger partial charge is 0.323 e. The van der Waals surface area contributed by atoms with Gasteiger partial charge in [-0.3, -0.25) is 10.00 Å². The number of nitrogens with zero attached hydrogens (tertiary/aromatic N) is 5. The van der Waals surface area contributed by atoms with Crippen LogP contribution in [0.1, 0.15) is 32.1 Å². The van der Waals surface area contributed by atoms with Crippen LogP contribution in [0.2, 0.25) is 0 Å². The van der Waals surface area contributed by atoms with Crippen molar-refractivity contribution in [3.63, 3.8) is 0 Å². The van der Waals surface area contributed by atoms with E-state index in [1.807, 2.05) is 22.0 Å². The van der Waals surface area contributed by atoms with E-state index in [0.29, 0.717) is 22.4 Å². The van der Waals surface area contributed by atoms with E-state index in [0.717, 1.165) is 94.0 Å². The molecule has 6 heterocycles. The molecule has 3 aliphatic heterocycles. The number of amides is 2. The van der Waals surface area contributed by atoms with Crippen LogP contribution in [0.5, 0.6) is 5.88 Å². The van der Waals surface area contributed by atoms with E-state index in [4.69, 9.17) is 19.2 Å². The van der Waals surface area contributed by atoms with Gasteiger partial charge in [0.05, 0.1) is 24.6 Å². The number of likely N-dealkylation sites (tertiary alicyclic amines) is 1. The highest BCUT2D eigenvalue weighted by Crippen LogP contribution is 2.41. The Bertz CT molecular complexity index is 1230. The van der Waals surface area contributed by atoms with E-state index in [-0.39, 0.29) is 11.4 Å². The van der Waals surface area contributed by atoms with Crippen molar-refractivity contribution in [1.29, 1.82) is 0 Å². The topological polar surface area (TPSA) is 104 Å². The maximum Gasteiger partial charge on any atom is 0.323 e. The molecule has 1 atom stereocenters. The third-order valence-electron chi connectivity index (χ3n) is 7.72. The molecule has 10 nitrogen and oxygen atoms in total. The van der Waals surface area contributed by atoms with Gasteiger partial charge >= 0.3 is 6.03 Å². The van der Waals surface area contributed by atoms with E-state index in [2.05, 4.69) is 15.4 Å². The number of hydrogen-bond acceptors (Lipinski definition) is 8. The molecule has 0 bridgehead atoms. The van der Waals surface area contributed by atoms with Gasteiger partial charge in [-0.15, -0.1) is 0 Å². The second kappa shape index (κ2) is 9.95. The zero-order chi connectivity index (χ0) is 24.5. The second-order valence-corrected chi connectivity index (χ2v) is 11.1. The van der Waals surface area contributed by atoms with Crippen molar-refractivity contribution in [2.24, 2.45) is 11.3 Å². The lowest BCUT2D eigenvalue weighted by atomic mass is 9.80. The largest absolute Gasteiger partial charge is 0.479 e. The second-order valence-electron chi connectivity index (χ2n) is 10.1. The van der Waals surface area contributed by atoms with Gasteiger partial charge in [0.15, 0.2) is 5.13 Å². The first-order chi connectivity index (χ1) is 17.6. The van der Waals surface area contributed by atoms with Crippen molar-refractivity contribution in [3.05, 3.63) is 18.6 Å². The first kappa shape index (κ1) is 23.6. The predicted molar refractivity (Wildman–Crippen MR) is 136 cm³/mol. The lowest BCUT2D eigenvalue weighted by Gasteiger charge is -2.33. The summed E-state index contributed by atoms with van der Waals surface area (Å²) in [6, 6.07) is -0.103. The minimum atomic E-state index is -0.103. The lowest BCUT2D eigenvalue weighted by molar-refractivity contribution is 0.0211. The van der Waals surface area contributed by atoms with E-state index in [1.165, 1.54) is 11.3 Å². The number of thiazole rings is 1. The number of pyridine rings is 1. The highest BCUT2D eigenvalue weighted by molar-refractivity contribution is 7.23. The van der Waals surface area contributed by atoms with Crippen LogP contribution in [0.25, 0.3) is 21.3 Å². The van der Waals surface area contributed by atoms with Gasteiger partial charge in [0, 0.05) is 68.9 Å². The summed E-state index contributed by atoms with van der Waals surface area (Å²) < 4.78 is 19.5. The van der Waals surface area contributed by atoms with Crippen LogP contribution in [-0.4, -0.2) is 77.3 Å². The van der Waals surface area contributed by atoms with Gasteiger partial charge in [-0.05, 0) is 37.5 Å². The number of ether oxygens (including phenoxy) is 3. The fraction of sp³-hybridized carbons (Fsp3) is 0.600. The first-order valence-corrected chi connectivity index (χ1v) is 13.5. The standard InChI is InChI=1S/C25H32N6O4S/c1-33-22-20-21(19(12-26-22)18-11-27-31(14-18)13-17-3-2-8-35-15-17)36-23(28-20)29-24(32)30-7-4-25(16-30)5-9-34-10-6-25/h11-12,14,17H,2-10,13,15-16H2,1H3,(H,28,29,32). The molecule has 0 aromatic carbocycles. The van der Waals surface area contributed by atoms with E-state index < -0.39 is 0 Å². The molecular formula is C25H32N6O4S. The summed E-state index contributed by atoms with van der Waals surface area (Å²) in [6.07, 6.45) is 11.0. The fourth-order valence-electron chi connectivity index (χ4n) is 5.61. The third kappa shape index (κ3) is 4.67. The van der Waals surface area contributed by atoms with Crippen molar-refractivity contribution < 1.29 is 19.0 Å². The molecule has 0 saturated carbocycles. The average Bonchev–Trinajstić information content (AvgIpc) is 3.64. The van der Waals surface area contributed by atoms with Crippen molar-refractivity contribution in [3.8, 4) is 17.0 Å². The Hall–Kier alpha value is -2.76. The first-order valence-electron chi connectivity index (χ1n) is 12.7. The number of aromatic nitrogens is 4. The number of fused-ring (bicyclic) bond motifs is 1. The zero-order valence-corrected chi connectivity index (χ0v) is 21.4. The van der Waals surface area contributed by atoms with Crippen molar-refractivity contribution in [1.82, 2.24) is 24.6 Å². The Labute approximate surface area is 213 Å². The number of carbonyl (C=O) groups is 1. The molecule has 2 amide bonds. The van der Waals surface area contributed by atoms with E-state index in [1.54, 1.807) is 13.3 Å². The molecule has 192 valence electrons. The van der Waals surface area contributed by atoms with Crippen molar-refractivity contribution in [2.75, 3.05) is 51.9 Å². The molecule has 3 aromatic rings. The number of carbonyl (C=O) groups excluding carboxylic acids is 1. The van der Waals surface area contributed by atoms with Gasteiger partial charge in [-0.1, -0.05) is 11.3 Å². The van der Waals surface area contributed by atoms with Gasteiger partial charge in [0.2, 0.25) is 5.88 Å². The monoisotopic (exact) mass is 512 g/mol. The molecule has 6 rings (SSSR count). The summed E-state index contributed by atoms with van der Waals surface area (Å²) >= 11 is 1.44. The number of anilines is 1. The van der Waals surface area contributed by atoms with Crippen LogP contribution in [0.15, 0.2) is 18.6 Å². The lowest BCUT2D eigenvalue weighted by Crippen LogP contribution is -2.37. The number of methoxy groups -OCH3 is 1.